The number of hydrogen-bond acceptors (Lipinski definition) is 3. The number of benzene rings is 1. The Hall–Kier alpha value is 0.510. The molecule has 4 nitrogen and oxygen atoms in total. The van der Waals surface area contributed by atoms with Crippen LogP contribution in [0.25, 0.3) is 0 Å². The molecular formula is C8H9Cl2NaO4S. The van der Waals surface area contributed by atoms with Gasteiger partial charge in [0, 0.05) is 5.02 Å². The minimum absolute atomic E-state index is 0. The van der Waals surface area contributed by atoms with Gasteiger partial charge in [0.25, 0.3) is 10.1 Å². The molecule has 0 fully saturated rings. The molecule has 1 aromatic rings. The third kappa shape index (κ3) is 4.79. The molecular weight excluding hydrogens is 286 g/mol. The third-order valence-corrected chi connectivity index (χ3v) is 2.78. The van der Waals surface area contributed by atoms with Crippen molar-refractivity contribution < 1.29 is 48.7 Å². The van der Waals surface area contributed by atoms with Crippen LogP contribution in [-0.4, -0.2) is 25.5 Å². The van der Waals surface area contributed by atoms with E-state index in [1.54, 1.807) is 0 Å². The molecule has 0 aliphatic rings. The fourth-order valence-corrected chi connectivity index (χ4v) is 1.92. The van der Waals surface area contributed by atoms with Gasteiger partial charge in [-0.05, 0) is 18.2 Å². The first-order valence-electron chi connectivity index (χ1n) is 3.91. The Bertz CT molecular complexity index is 455. The first kappa shape index (κ1) is 16.5. The van der Waals surface area contributed by atoms with Crippen LogP contribution in [0, 0.1) is 0 Å². The van der Waals surface area contributed by atoms with Crippen LogP contribution >= 0.6 is 23.2 Å². The molecule has 0 radical (unpaired) electrons. The van der Waals surface area contributed by atoms with E-state index in [4.69, 9.17) is 32.5 Å². The Morgan fingerprint density at radius 2 is 2.06 bits per heavy atom. The van der Waals surface area contributed by atoms with Crippen LogP contribution in [0.5, 0.6) is 5.75 Å². The van der Waals surface area contributed by atoms with Crippen molar-refractivity contribution in [3.63, 3.8) is 0 Å². The minimum atomic E-state index is -4.34. The summed E-state index contributed by atoms with van der Waals surface area (Å²) in [5.41, 5.74) is 0. The first-order valence-corrected chi connectivity index (χ1v) is 6.26. The van der Waals surface area contributed by atoms with E-state index in [9.17, 15) is 8.42 Å². The van der Waals surface area contributed by atoms with Crippen molar-refractivity contribution in [2.45, 2.75) is 4.90 Å². The predicted molar refractivity (Wildman–Crippen MR) is 58.6 cm³/mol. The van der Waals surface area contributed by atoms with Crippen molar-refractivity contribution in [1.82, 2.24) is 0 Å². The van der Waals surface area contributed by atoms with Crippen LogP contribution < -0.4 is 34.3 Å². The maximum atomic E-state index is 11.0. The summed E-state index contributed by atoms with van der Waals surface area (Å²) in [5.74, 6) is 0.246. The Kier molecular flexibility index (Phi) is 7.28. The number of alkyl halides is 1. The van der Waals surface area contributed by atoms with Gasteiger partial charge in [0.1, 0.15) is 17.3 Å². The van der Waals surface area contributed by atoms with Gasteiger partial charge in [-0.3, -0.25) is 4.55 Å². The summed E-state index contributed by atoms with van der Waals surface area (Å²) < 4.78 is 35.8. The molecule has 1 aromatic carbocycles. The van der Waals surface area contributed by atoms with Gasteiger partial charge in [-0.1, -0.05) is 11.6 Å². The van der Waals surface area contributed by atoms with Gasteiger partial charge in [-0.25, -0.2) is 0 Å². The van der Waals surface area contributed by atoms with Crippen molar-refractivity contribution in [3.05, 3.63) is 23.2 Å². The maximum absolute atomic E-state index is 11.0. The number of ether oxygens (including phenoxy) is 1. The number of hydrogen-bond donors (Lipinski definition) is 1. The second-order valence-electron chi connectivity index (χ2n) is 2.60. The van der Waals surface area contributed by atoms with E-state index < -0.39 is 10.1 Å². The molecule has 0 atom stereocenters. The maximum Gasteiger partial charge on any atom is 1.00 e. The van der Waals surface area contributed by atoms with Gasteiger partial charge in [-0.2, -0.15) is 8.42 Å². The van der Waals surface area contributed by atoms with Gasteiger partial charge < -0.3 is 6.16 Å². The second kappa shape index (κ2) is 7.06. The fraction of sp³-hybridized carbons (Fsp3) is 0.250. The second-order valence-corrected chi connectivity index (χ2v) is 4.81. The monoisotopic (exact) mass is 294 g/mol. The van der Waals surface area contributed by atoms with Crippen LogP contribution in [0.15, 0.2) is 23.1 Å². The molecule has 86 valence electrons. The molecule has 0 unspecified atom stereocenters. The summed E-state index contributed by atoms with van der Waals surface area (Å²) in [5, 5.41) is 0.195. The number of halogens is 2. The molecule has 0 aliphatic carbocycles. The summed E-state index contributed by atoms with van der Waals surface area (Å²) >= 11 is 11.0. The fourth-order valence-electron chi connectivity index (χ4n) is 0.951. The smallest absolute Gasteiger partial charge is 1.00 e. The van der Waals surface area contributed by atoms with Crippen molar-refractivity contribution in [1.29, 1.82) is 0 Å². The van der Waals surface area contributed by atoms with Crippen LogP contribution in [0.4, 0.5) is 0 Å². The van der Waals surface area contributed by atoms with E-state index >= 15 is 0 Å². The van der Waals surface area contributed by atoms with E-state index in [0.717, 1.165) is 6.07 Å². The van der Waals surface area contributed by atoms with Gasteiger partial charge in [0.15, 0.2) is 0 Å². The molecule has 0 heterocycles. The van der Waals surface area contributed by atoms with Crippen molar-refractivity contribution >= 4 is 33.3 Å². The molecule has 0 aromatic heterocycles. The molecule has 1 rings (SSSR count). The van der Waals surface area contributed by atoms with E-state index in [-0.39, 0.29) is 59.1 Å². The Morgan fingerprint density at radius 1 is 1.44 bits per heavy atom. The van der Waals surface area contributed by atoms with Crippen LogP contribution in [0.2, 0.25) is 5.02 Å². The summed E-state index contributed by atoms with van der Waals surface area (Å²) in [6, 6.07) is 3.93. The van der Waals surface area contributed by atoms with Gasteiger partial charge >= 0.3 is 29.6 Å². The zero-order chi connectivity index (χ0) is 11.5. The Balaban J connectivity index is 0. The molecule has 16 heavy (non-hydrogen) atoms. The molecule has 0 saturated carbocycles. The van der Waals surface area contributed by atoms with Crippen LogP contribution in [0.1, 0.15) is 1.43 Å². The average Bonchev–Trinajstić information content (AvgIpc) is 2.14. The Labute approximate surface area is 127 Å². The van der Waals surface area contributed by atoms with E-state index in [1.165, 1.54) is 12.1 Å². The third-order valence-electron chi connectivity index (χ3n) is 1.52. The zero-order valence-electron chi connectivity index (χ0n) is 9.48. The van der Waals surface area contributed by atoms with E-state index in [1.807, 2.05) is 0 Å². The number of rotatable bonds is 4. The van der Waals surface area contributed by atoms with E-state index in [0.29, 0.717) is 0 Å². The predicted octanol–water partition coefficient (Wildman–Crippen LogP) is -0.679. The molecule has 0 saturated heterocycles. The average molecular weight is 295 g/mol. The van der Waals surface area contributed by atoms with Crippen LogP contribution in [0.3, 0.4) is 0 Å². The van der Waals surface area contributed by atoms with Gasteiger partial charge in [-0.15, -0.1) is 11.6 Å². The SMILES string of the molecule is O=S(=O)(O)c1cc(Cl)ccc1OCCCl.[H-].[Na+]. The first-order chi connectivity index (χ1) is 6.95. The quantitative estimate of drug-likeness (QED) is 0.454. The molecule has 0 spiro atoms. The van der Waals surface area contributed by atoms with Gasteiger partial charge in [0.05, 0.1) is 5.88 Å². The molecule has 8 heteroatoms. The van der Waals surface area contributed by atoms with E-state index in [2.05, 4.69) is 0 Å². The van der Waals surface area contributed by atoms with Crippen molar-refractivity contribution in [3.8, 4) is 5.75 Å². The largest absolute Gasteiger partial charge is 1.00 e. The minimum Gasteiger partial charge on any atom is -1.00 e. The molecule has 1 N–H and O–H groups in total. The zero-order valence-corrected chi connectivity index (χ0v) is 12.8. The van der Waals surface area contributed by atoms with Crippen molar-refractivity contribution in [2.75, 3.05) is 12.5 Å². The molecule has 0 aliphatic heterocycles. The molecule has 0 amide bonds. The van der Waals surface area contributed by atoms with Crippen LogP contribution in [-0.2, 0) is 10.1 Å². The summed E-state index contributed by atoms with van der Waals surface area (Å²) in [7, 11) is -4.34. The summed E-state index contributed by atoms with van der Waals surface area (Å²) in [6.45, 7) is 0.145. The normalized spacial score (nSPS) is 10.7. The topological polar surface area (TPSA) is 63.6 Å². The summed E-state index contributed by atoms with van der Waals surface area (Å²) in [4.78, 5) is -0.361. The summed E-state index contributed by atoms with van der Waals surface area (Å²) in [6.07, 6.45) is 0. The van der Waals surface area contributed by atoms with Gasteiger partial charge in [0.2, 0.25) is 0 Å². The molecule has 0 bridgehead atoms. The Morgan fingerprint density at radius 3 is 2.56 bits per heavy atom. The standard InChI is InChI=1S/C8H8Cl2O4S.Na.H/c9-3-4-14-7-2-1-6(10)5-8(7)15(11,12)13;;/h1-2,5H,3-4H2,(H,11,12,13);;/q;+1;-1. The van der Waals surface area contributed by atoms with Crippen molar-refractivity contribution in [2.24, 2.45) is 0 Å².